The number of nitrogens with one attached hydrogen (secondary N) is 1. The van der Waals surface area contributed by atoms with E-state index >= 15 is 0 Å². The molecule has 0 radical (unpaired) electrons. The Morgan fingerprint density at radius 2 is 1.54 bits per heavy atom. The molecule has 0 aliphatic heterocycles. The first-order valence-electron chi connectivity index (χ1n) is 12.1. The van der Waals surface area contributed by atoms with E-state index in [9.17, 15) is 19.5 Å². The number of ether oxygens (including phenoxy) is 1. The molecular weight excluding hydrogens is 470 g/mol. The smallest absolute Gasteiger partial charge is 0.340 e. The molecule has 2 atom stereocenters. The highest BCUT2D eigenvalue weighted by Gasteiger charge is 2.25. The normalized spacial score (nSPS) is 12.6. The van der Waals surface area contributed by atoms with E-state index in [0.717, 1.165) is 22.1 Å². The summed E-state index contributed by atoms with van der Waals surface area (Å²) in [7, 11) is 0. The number of hydrogen-bond acceptors (Lipinski definition) is 5. The van der Waals surface area contributed by atoms with Gasteiger partial charge in [-0.1, -0.05) is 60.7 Å². The van der Waals surface area contributed by atoms with Crippen LogP contribution in [0.4, 0.5) is 0 Å². The van der Waals surface area contributed by atoms with Crippen LogP contribution < -0.4 is 15.7 Å². The molecular formula is C30H29NO6. The Balaban J connectivity index is 1.53. The molecule has 1 aromatic heterocycles. The minimum absolute atomic E-state index is 0.152. The number of aryl methyl sites for hydroxylation is 2. The van der Waals surface area contributed by atoms with E-state index in [1.54, 1.807) is 19.9 Å². The summed E-state index contributed by atoms with van der Waals surface area (Å²) >= 11 is 0. The van der Waals surface area contributed by atoms with E-state index in [1.807, 2.05) is 73.7 Å². The zero-order valence-electron chi connectivity index (χ0n) is 21.0. The van der Waals surface area contributed by atoms with Crippen molar-refractivity contribution < 1.29 is 23.8 Å². The molecule has 0 aliphatic carbocycles. The molecule has 0 aliphatic rings. The molecule has 4 aromatic rings. The highest BCUT2D eigenvalue weighted by molar-refractivity contribution is 5.88. The Kier molecular flexibility index (Phi) is 7.72. The minimum Gasteiger partial charge on any atom is -0.480 e. The van der Waals surface area contributed by atoms with Crippen molar-refractivity contribution in [3.63, 3.8) is 0 Å². The van der Waals surface area contributed by atoms with Gasteiger partial charge in [-0.2, -0.15) is 0 Å². The molecule has 1 amide bonds. The predicted molar refractivity (Wildman–Crippen MR) is 141 cm³/mol. The third-order valence-electron chi connectivity index (χ3n) is 6.45. The molecule has 3 aromatic carbocycles. The van der Waals surface area contributed by atoms with Gasteiger partial charge in [0.05, 0.1) is 0 Å². The number of fused-ring (bicyclic) bond motifs is 1. The summed E-state index contributed by atoms with van der Waals surface area (Å²) in [6.07, 6.45) is -0.356. The fourth-order valence-corrected chi connectivity index (χ4v) is 4.29. The summed E-state index contributed by atoms with van der Waals surface area (Å²) in [5.74, 6) is -1.31. The van der Waals surface area contributed by atoms with Crippen LogP contribution in [-0.2, 0) is 22.4 Å². The van der Waals surface area contributed by atoms with Crippen LogP contribution in [0.25, 0.3) is 11.0 Å². The summed E-state index contributed by atoms with van der Waals surface area (Å²) in [6, 6.07) is 21.2. The van der Waals surface area contributed by atoms with Gasteiger partial charge in [-0.3, -0.25) is 4.79 Å². The van der Waals surface area contributed by atoms with Crippen LogP contribution in [0.1, 0.15) is 34.7 Å². The van der Waals surface area contributed by atoms with Crippen molar-refractivity contribution in [1.29, 1.82) is 0 Å². The molecule has 37 heavy (non-hydrogen) atoms. The first-order chi connectivity index (χ1) is 17.7. The molecule has 0 spiro atoms. The van der Waals surface area contributed by atoms with E-state index in [4.69, 9.17) is 9.15 Å². The Morgan fingerprint density at radius 1 is 0.919 bits per heavy atom. The molecule has 2 N–H and O–H groups in total. The molecule has 0 saturated heterocycles. The van der Waals surface area contributed by atoms with Crippen LogP contribution >= 0.6 is 0 Å². The lowest BCUT2D eigenvalue weighted by atomic mass is 9.98. The van der Waals surface area contributed by atoms with E-state index in [1.165, 1.54) is 0 Å². The van der Waals surface area contributed by atoms with Gasteiger partial charge in [-0.25, -0.2) is 9.59 Å². The van der Waals surface area contributed by atoms with Crippen LogP contribution in [-0.4, -0.2) is 29.1 Å². The number of aliphatic carboxylic acids is 1. The van der Waals surface area contributed by atoms with Gasteiger partial charge in [0.15, 0.2) is 6.10 Å². The van der Waals surface area contributed by atoms with Crippen molar-refractivity contribution in [2.24, 2.45) is 0 Å². The summed E-state index contributed by atoms with van der Waals surface area (Å²) < 4.78 is 11.6. The van der Waals surface area contributed by atoms with Gasteiger partial charge in [0.25, 0.3) is 5.91 Å². The lowest BCUT2D eigenvalue weighted by Gasteiger charge is -2.20. The van der Waals surface area contributed by atoms with Crippen LogP contribution in [0.2, 0.25) is 0 Å². The maximum Gasteiger partial charge on any atom is 0.340 e. The number of carboxylic acid groups (broad SMARTS) is 1. The van der Waals surface area contributed by atoms with Gasteiger partial charge in [-0.15, -0.1) is 0 Å². The predicted octanol–water partition coefficient (Wildman–Crippen LogP) is 4.58. The van der Waals surface area contributed by atoms with Gasteiger partial charge in [0.2, 0.25) is 0 Å². The third kappa shape index (κ3) is 5.89. The molecule has 1 heterocycles. The number of benzene rings is 3. The van der Waals surface area contributed by atoms with Gasteiger partial charge in [0.1, 0.15) is 17.4 Å². The largest absolute Gasteiger partial charge is 0.480 e. The number of carbonyl (C=O) groups is 2. The zero-order valence-corrected chi connectivity index (χ0v) is 21.0. The van der Waals surface area contributed by atoms with Crippen molar-refractivity contribution in [1.82, 2.24) is 5.32 Å². The second-order valence-electron chi connectivity index (χ2n) is 9.07. The van der Waals surface area contributed by atoms with Crippen LogP contribution in [0, 0.1) is 13.8 Å². The lowest BCUT2D eigenvalue weighted by molar-refractivity contribution is -0.142. The summed E-state index contributed by atoms with van der Waals surface area (Å²) in [4.78, 5) is 37.4. The van der Waals surface area contributed by atoms with E-state index in [0.29, 0.717) is 28.9 Å². The molecule has 0 unspecified atom stereocenters. The summed E-state index contributed by atoms with van der Waals surface area (Å²) in [5.41, 5.74) is 3.81. The van der Waals surface area contributed by atoms with Gasteiger partial charge < -0.3 is 19.6 Å². The number of hydrogen-bond donors (Lipinski definition) is 2. The second kappa shape index (κ2) is 11.1. The monoisotopic (exact) mass is 499 g/mol. The minimum atomic E-state index is -1.13. The Morgan fingerprint density at radius 3 is 2.16 bits per heavy atom. The molecule has 0 bridgehead atoms. The lowest BCUT2D eigenvalue weighted by Crippen LogP contribution is -2.47. The van der Waals surface area contributed by atoms with Gasteiger partial charge >= 0.3 is 11.6 Å². The highest BCUT2D eigenvalue weighted by atomic mass is 16.5. The fraction of sp³-hybridized carbons (Fsp3) is 0.233. The van der Waals surface area contributed by atoms with Crippen LogP contribution in [0.3, 0.4) is 0 Å². The van der Waals surface area contributed by atoms with Crippen molar-refractivity contribution in [3.05, 3.63) is 111 Å². The standard InChI is InChI=1S/C30H29NO6/c1-18-23-14-15-26(19(2)27(23)37-30(35)24(18)16-21-10-6-4-7-11-21)36-20(3)28(32)31-25(29(33)34)17-22-12-8-5-9-13-22/h4-15,20,25H,16-17H2,1-3H3,(H,31,32)(H,33,34)/t20-,25+/m0/s1. The van der Waals surface area contributed by atoms with Gasteiger partial charge in [0, 0.05) is 29.4 Å². The Bertz CT molecular complexity index is 1480. The average molecular weight is 500 g/mol. The molecule has 0 fully saturated rings. The zero-order chi connectivity index (χ0) is 26.5. The molecule has 0 saturated carbocycles. The highest BCUT2D eigenvalue weighted by Crippen LogP contribution is 2.30. The Hall–Kier alpha value is -4.39. The van der Waals surface area contributed by atoms with Crippen molar-refractivity contribution in [2.45, 2.75) is 45.8 Å². The van der Waals surface area contributed by atoms with Crippen LogP contribution in [0.5, 0.6) is 5.75 Å². The molecule has 190 valence electrons. The molecule has 7 heteroatoms. The molecule has 4 rings (SSSR count). The topological polar surface area (TPSA) is 106 Å². The number of carboxylic acids is 1. The fourth-order valence-electron chi connectivity index (χ4n) is 4.29. The maximum atomic E-state index is 12.9. The number of amides is 1. The average Bonchev–Trinajstić information content (AvgIpc) is 2.89. The van der Waals surface area contributed by atoms with E-state index in [-0.39, 0.29) is 6.42 Å². The SMILES string of the molecule is Cc1c(Cc2ccccc2)c(=O)oc2c(C)c(O[C@@H](C)C(=O)N[C@H](Cc3ccccc3)C(=O)O)ccc12. The first-order valence-corrected chi connectivity index (χ1v) is 12.1. The first kappa shape index (κ1) is 25.7. The van der Waals surface area contributed by atoms with Gasteiger partial charge in [-0.05, 0) is 49.6 Å². The van der Waals surface area contributed by atoms with Crippen molar-refractivity contribution in [3.8, 4) is 5.75 Å². The molecule has 7 nitrogen and oxygen atoms in total. The van der Waals surface area contributed by atoms with Crippen molar-refractivity contribution >= 4 is 22.8 Å². The number of rotatable bonds is 9. The summed E-state index contributed by atoms with van der Waals surface area (Å²) in [5, 5.41) is 12.9. The quantitative estimate of drug-likeness (QED) is 0.327. The van der Waals surface area contributed by atoms with E-state index in [2.05, 4.69) is 5.32 Å². The second-order valence-corrected chi connectivity index (χ2v) is 9.07. The Labute approximate surface area is 214 Å². The van der Waals surface area contributed by atoms with E-state index < -0.39 is 29.6 Å². The number of carbonyl (C=O) groups excluding carboxylic acids is 1. The summed E-state index contributed by atoms with van der Waals surface area (Å²) in [6.45, 7) is 5.20. The van der Waals surface area contributed by atoms with Crippen molar-refractivity contribution in [2.75, 3.05) is 0 Å². The maximum absolute atomic E-state index is 12.9. The van der Waals surface area contributed by atoms with Crippen LogP contribution in [0.15, 0.2) is 82.0 Å². The third-order valence-corrected chi connectivity index (χ3v) is 6.45.